The molecule has 1 amide bonds. The van der Waals surface area contributed by atoms with Crippen LogP contribution in [0.2, 0.25) is 0 Å². The zero-order chi connectivity index (χ0) is 19.8. The minimum Gasteiger partial charge on any atom is -0.478 e. The summed E-state index contributed by atoms with van der Waals surface area (Å²) in [7, 11) is 0. The van der Waals surface area contributed by atoms with Crippen molar-refractivity contribution in [1.82, 2.24) is 0 Å². The summed E-state index contributed by atoms with van der Waals surface area (Å²) in [5.74, 6) is -1.82. The summed E-state index contributed by atoms with van der Waals surface area (Å²) in [6.45, 7) is 0. The fourth-order valence-electron chi connectivity index (χ4n) is 2.50. The van der Waals surface area contributed by atoms with E-state index in [1.165, 1.54) is 42.5 Å². The van der Waals surface area contributed by atoms with Gasteiger partial charge < -0.3 is 5.11 Å². The second-order valence-corrected chi connectivity index (χ2v) is 7.14. The van der Waals surface area contributed by atoms with Gasteiger partial charge in [0.1, 0.15) is 0 Å². The summed E-state index contributed by atoms with van der Waals surface area (Å²) in [5.41, 5.74) is -0.841. The number of halogens is 3. The molecule has 1 heterocycles. The molecule has 1 N–H and O–H groups in total. The number of thioether (sulfide) groups is 1. The van der Waals surface area contributed by atoms with Crippen LogP contribution in [0.4, 0.5) is 18.9 Å². The van der Waals surface area contributed by atoms with Gasteiger partial charge in [0.2, 0.25) is 0 Å². The predicted octanol–water partition coefficient (Wildman–Crippen LogP) is 4.81. The molecule has 1 saturated heterocycles. The molecule has 27 heavy (non-hydrogen) atoms. The normalized spacial score (nSPS) is 16.3. The van der Waals surface area contributed by atoms with Crippen LogP contribution in [0, 0.1) is 0 Å². The van der Waals surface area contributed by atoms with Crippen LogP contribution in [0.15, 0.2) is 53.4 Å². The number of hydrogen-bond acceptors (Lipinski definition) is 4. The second-order valence-electron chi connectivity index (χ2n) is 5.46. The van der Waals surface area contributed by atoms with Gasteiger partial charge in [0, 0.05) is 0 Å². The first-order chi connectivity index (χ1) is 12.7. The van der Waals surface area contributed by atoms with Crippen molar-refractivity contribution in [3.63, 3.8) is 0 Å². The number of rotatable bonds is 3. The van der Waals surface area contributed by atoms with E-state index >= 15 is 0 Å². The number of nitrogens with zero attached hydrogens (tertiary/aromatic N) is 1. The largest absolute Gasteiger partial charge is 0.478 e. The lowest BCUT2D eigenvalue weighted by Gasteiger charge is -2.20. The van der Waals surface area contributed by atoms with E-state index in [0.29, 0.717) is 5.56 Å². The zero-order valence-electron chi connectivity index (χ0n) is 13.4. The Bertz CT molecular complexity index is 986. The van der Waals surface area contributed by atoms with Crippen LogP contribution in [0.1, 0.15) is 21.5 Å². The first-order valence-electron chi connectivity index (χ1n) is 7.46. The topological polar surface area (TPSA) is 57.6 Å². The van der Waals surface area contributed by atoms with Crippen LogP contribution >= 0.6 is 24.0 Å². The third-order valence-corrected chi connectivity index (χ3v) is 4.98. The van der Waals surface area contributed by atoms with Gasteiger partial charge in [-0.2, -0.15) is 13.2 Å². The highest BCUT2D eigenvalue weighted by Gasteiger charge is 2.40. The van der Waals surface area contributed by atoms with Crippen LogP contribution in [-0.4, -0.2) is 21.3 Å². The monoisotopic (exact) mass is 409 g/mol. The second kappa shape index (κ2) is 7.16. The molecule has 0 radical (unpaired) electrons. The van der Waals surface area contributed by atoms with Crippen molar-refractivity contribution in [2.75, 3.05) is 4.90 Å². The molecule has 138 valence electrons. The molecule has 0 unspecified atom stereocenters. The molecule has 0 spiro atoms. The minimum atomic E-state index is -4.64. The Morgan fingerprint density at radius 3 is 2.52 bits per heavy atom. The number of carboxylic acids is 1. The molecular formula is C18H10F3NO3S2. The van der Waals surface area contributed by atoms with E-state index in [1.54, 1.807) is 6.07 Å². The SMILES string of the molecule is O=C(O)c1cccc(/C=C2/SC(=S)N(c3ccccc3C(F)(F)F)C2=O)c1. The van der Waals surface area contributed by atoms with Gasteiger partial charge in [-0.25, -0.2) is 4.79 Å². The quantitative estimate of drug-likeness (QED) is 0.583. The molecule has 2 aromatic carbocycles. The van der Waals surface area contributed by atoms with Crippen LogP contribution in [-0.2, 0) is 11.0 Å². The van der Waals surface area contributed by atoms with Crippen LogP contribution in [0.3, 0.4) is 0 Å². The maximum atomic E-state index is 13.3. The number of para-hydroxylation sites is 1. The molecule has 1 aliphatic rings. The van der Waals surface area contributed by atoms with E-state index in [4.69, 9.17) is 17.3 Å². The first kappa shape index (κ1) is 19.1. The van der Waals surface area contributed by atoms with E-state index in [0.717, 1.165) is 22.7 Å². The standard InChI is InChI=1S/C18H10F3NO3S2/c19-18(20,21)12-6-1-2-7-13(12)22-15(23)14(27-17(22)26)9-10-4-3-5-11(8-10)16(24)25/h1-9H,(H,24,25)/b14-9+. The van der Waals surface area contributed by atoms with E-state index in [1.807, 2.05) is 0 Å². The maximum absolute atomic E-state index is 13.3. The minimum absolute atomic E-state index is 0.0293. The summed E-state index contributed by atoms with van der Waals surface area (Å²) in [5, 5.41) is 9.03. The Kier molecular flexibility index (Phi) is 5.07. The van der Waals surface area contributed by atoms with Crippen molar-refractivity contribution < 1.29 is 27.9 Å². The first-order valence-corrected chi connectivity index (χ1v) is 8.68. The Morgan fingerprint density at radius 2 is 1.85 bits per heavy atom. The van der Waals surface area contributed by atoms with Gasteiger partial charge in [-0.1, -0.05) is 48.2 Å². The Hall–Kier alpha value is -2.65. The highest BCUT2D eigenvalue weighted by molar-refractivity contribution is 8.27. The third kappa shape index (κ3) is 3.88. The molecule has 9 heteroatoms. The average Bonchev–Trinajstić information content (AvgIpc) is 2.88. The van der Waals surface area contributed by atoms with Crippen molar-refractivity contribution in [2.24, 2.45) is 0 Å². The van der Waals surface area contributed by atoms with E-state index < -0.39 is 23.6 Å². The van der Waals surface area contributed by atoms with Crippen LogP contribution in [0.25, 0.3) is 6.08 Å². The van der Waals surface area contributed by atoms with Gasteiger partial charge in [-0.05, 0) is 35.9 Å². The van der Waals surface area contributed by atoms with Gasteiger partial charge in [0.05, 0.1) is 21.7 Å². The third-order valence-electron chi connectivity index (χ3n) is 3.68. The van der Waals surface area contributed by atoms with Crippen molar-refractivity contribution in [3.8, 4) is 0 Å². The molecule has 1 aliphatic heterocycles. The zero-order valence-corrected chi connectivity index (χ0v) is 15.0. The summed E-state index contributed by atoms with van der Waals surface area (Å²) >= 11 is 5.97. The smallest absolute Gasteiger partial charge is 0.418 e. The molecular weight excluding hydrogens is 399 g/mol. The number of carbonyl (C=O) groups excluding carboxylic acids is 1. The van der Waals surface area contributed by atoms with Crippen molar-refractivity contribution >= 4 is 51.9 Å². The number of hydrogen-bond donors (Lipinski definition) is 1. The van der Waals surface area contributed by atoms with Gasteiger partial charge in [0.25, 0.3) is 5.91 Å². The number of aromatic carboxylic acids is 1. The molecule has 0 aliphatic carbocycles. The highest BCUT2D eigenvalue weighted by Crippen LogP contribution is 2.42. The van der Waals surface area contributed by atoms with Gasteiger partial charge >= 0.3 is 12.1 Å². The Balaban J connectivity index is 2.00. The number of alkyl halides is 3. The molecule has 1 fully saturated rings. The molecule has 2 aromatic rings. The fraction of sp³-hybridized carbons (Fsp3) is 0.0556. The summed E-state index contributed by atoms with van der Waals surface area (Å²) < 4.78 is 39.8. The fourth-order valence-corrected chi connectivity index (χ4v) is 3.78. The number of carbonyl (C=O) groups is 2. The maximum Gasteiger partial charge on any atom is 0.418 e. The van der Waals surface area contributed by atoms with Crippen molar-refractivity contribution in [2.45, 2.75) is 6.18 Å². The van der Waals surface area contributed by atoms with Crippen molar-refractivity contribution in [1.29, 1.82) is 0 Å². The number of thiocarbonyl (C=S) groups is 1. The number of amides is 1. The molecule has 3 rings (SSSR count). The Labute approximate surface area is 161 Å². The average molecular weight is 409 g/mol. The Morgan fingerprint density at radius 1 is 1.15 bits per heavy atom. The van der Waals surface area contributed by atoms with E-state index in [9.17, 15) is 22.8 Å². The van der Waals surface area contributed by atoms with E-state index in [-0.39, 0.29) is 20.5 Å². The molecule has 0 bridgehead atoms. The summed E-state index contributed by atoms with van der Waals surface area (Å²) in [4.78, 5) is 24.7. The lowest BCUT2D eigenvalue weighted by atomic mass is 10.1. The molecule has 0 atom stereocenters. The predicted molar refractivity (Wildman–Crippen MR) is 100 cm³/mol. The lowest BCUT2D eigenvalue weighted by molar-refractivity contribution is -0.137. The molecule has 0 saturated carbocycles. The van der Waals surface area contributed by atoms with Crippen LogP contribution < -0.4 is 4.90 Å². The number of benzene rings is 2. The van der Waals surface area contributed by atoms with Crippen molar-refractivity contribution in [3.05, 3.63) is 70.1 Å². The number of anilines is 1. The van der Waals surface area contributed by atoms with Crippen LogP contribution in [0.5, 0.6) is 0 Å². The molecule has 4 nitrogen and oxygen atoms in total. The van der Waals surface area contributed by atoms with Gasteiger partial charge in [-0.3, -0.25) is 9.69 Å². The highest BCUT2D eigenvalue weighted by atomic mass is 32.2. The number of carboxylic acid groups (broad SMARTS) is 1. The lowest BCUT2D eigenvalue weighted by Crippen LogP contribution is -2.29. The summed E-state index contributed by atoms with van der Waals surface area (Å²) in [6, 6.07) is 10.5. The molecule has 0 aromatic heterocycles. The van der Waals surface area contributed by atoms with E-state index in [2.05, 4.69) is 0 Å². The van der Waals surface area contributed by atoms with Gasteiger partial charge in [-0.15, -0.1) is 0 Å². The van der Waals surface area contributed by atoms with Gasteiger partial charge in [0.15, 0.2) is 4.32 Å². The summed E-state index contributed by atoms with van der Waals surface area (Å²) in [6.07, 6.45) is -3.23.